The lowest BCUT2D eigenvalue weighted by atomic mass is 10.3. The van der Waals surface area contributed by atoms with E-state index in [1.165, 1.54) is 0 Å². The van der Waals surface area contributed by atoms with E-state index in [0.29, 0.717) is 0 Å². The normalized spacial score (nSPS) is 10.2. The molecule has 0 bridgehead atoms. The summed E-state index contributed by atoms with van der Waals surface area (Å²) < 4.78 is 4.81. The largest absolute Gasteiger partial charge is 0.300 e. The Balaban J connectivity index is 2.95. The molecule has 1 aromatic heterocycles. The number of H-pyrrole nitrogens is 1. The summed E-state index contributed by atoms with van der Waals surface area (Å²) in [5.74, 6) is 0. The predicted octanol–water partition coefficient (Wildman–Crippen LogP) is 0.642. The van der Waals surface area contributed by atoms with Crippen LogP contribution < -0.4 is 5.10 Å². The highest BCUT2D eigenvalue weighted by Gasteiger charge is 2.00. The van der Waals surface area contributed by atoms with Gasteiger partial charge in [0.05, 0.1) is 0 Å². The molecule has 0 fully saturated rings. The SMILES string of the molecule is c1ccc2on[nH+]c2c1. The van der Waals surface area contributed by atoms with Crippen molar-refractivity contribution in [2.75, 3.05) is 0 Å². The summed E-state index contributed by atoms with van der Waals surface area (Å²) in [4.78, 5) is 0. The summed E-state index contributed by atoms with van der Waals surface area (Å²) in [6, 6.07) is 7.60. The third-order valence-electron chi connectivity index (χ3n) is 1.20. The summed E-state index contributed by atoms with van der Waals surface area (Å²) in [5, 5.41) is 6.20. The lowest BCUT2D eigenvalue weighted by Gasteiger charge is -1.72. The number of nitrogens with one attached hydrogen (secondary N) is 1. The highest BCUT2D eigenvalue weighted by atomic mass is 16.5. The second-order valence-electron chi connectivity index (χ2n) is 1.79. The standard InChI is InChI=1S/C6H4N2O/c1-2-4-6-5(3-1)7-8-9-6/h1-4H/p+1. The van der Waals surface area contributed by atoms with Gasteiger partial charge in [-0.25, -0.2) is 0 Å². The molecule has 3 heteroatoms. The molecule has 2 aromatic rings. The van der Waals surface area contributed by atoms with E-state index in [9.17, 15) is 0 Å². The van der Waals surface area contributed by atoms with Crippen LogP contribution >= 0.6 is 0 Å². The molecule has 9 heavy (non-hydrogen) atoms. The molecule has 0 aliphatic rings. The number of aromatic nitrogens is 2. The first-order valence-corrected chi connectivity index (χ1v) is 2.69. The zero-order chi connectivity index (χ0) is 6.10. The second-order valence-corrected chi connectivity index (χ2v) is 1.79. The first kappa shape index (κ1) is 4.49. The minimum atomic E-state index is 0.789. The van der Waals surface area contributed by atoms with Crippen molar-refractivity contribution < 1.29 is 9.62 Å². The molecule has 3 nitrogen and oxygen atoms in total. The predicted molar refractivity (Wildman–Crippen MR) is 30.6 cm³/mol. The molecular formula is C6H5N2O+. The molecule has 0 atom stereocenters. The average Bonchev–Trinajstić information content (AvgIpc) is 2.33. The third kappa shape index (κ3) is 0.579. The van der Waals surface area contributed by atoms with Gasteiger partial charge in [0.1, 0.15) is 0 Å². The van der Waals surface area contributed by atoms with Gasteiger partial charge in [0.2, 0.25) is 5.58 Å². The van der Waals surface area contributed by atoms with E-state index in [4.69, 9.17) is 4.52 Å². The van der Waals surface area contributed by atoms with Gasteiger partial charge < -0.3 is 4.52 Å². The van der Waals surface area contributed by atoms with Crippen LogP contribution in [0.3, 0.4) is 0 Å². The molecular weight excluding hydrogens is 116 g/mol. The molecule has 0 aliphatic carbocycles. The number of nitrogens with zero attached hydrogens (tertiary/aromatic N) is 1. The maximum atomic E-state index is 4.81. The van der Waals surface area contributed by atoms with Gasteiger partial charge in [0, 0.05) is 6.07 Å². The van der Waals surface area contributed by atoms with E-state index in [1.54, 1.807) is 0 Å². The van der Waals surface area contributed by atoms with Gasteiger partial charge in [0.25, 0.3) is 5.52 Å². The molecule has 1 aromatic carbocycles. The lowest BCUT2D eigenvalue weighted by molar-refractivity contribution is -0.446. The number of fused-ring (bicyclic) bond motifs is 1. The Labute approximate surface area is 51.3 Å². The van der Waals surface area contributed by atoms with Crippen LogP contribution in [0.2, 0.25) is 0 Å². The van der Waals surface area contributed by atoms with Crippen LogP contribution in [0.25, 0.3) is 11.1 Å². The monoisotopic (exact) mass is 121 g/mol. The lowest BCUT2D eigenvalue weighted by Crippen LogP contribution is -1.99. The van der Waals surface area contributed by atoms with Crippen molar-refractivity contribution in [1.29, 1.82) is 0 Å². The van der Waals surface area contributed by atoms with Gasteiger partial charge >= 0.3 is 0 Å². The van der Waals surface area contributed by atoms with Crippen LogP contribution in [0, 0.1) is 0 Å². The minimum Gasteiger partial charge on any atom is -0.300 e. The maximum absolute atomic E-state index is 4.81. The van der Waals surface area contributed by atoms with Crippen molar-refractivity contribution in [2.45, 2.75) is 0 Å². The van der Waals surface area contributed by atoms with Gasteiger partial charge in [-0.1, -0.05) is 17.2 Å². The number of hydrogen-bond acceptors (Lipinski definition) is 2. The number of para-hydroxylation sites is 2. The fourth-order valence-corrected chi connectivity index (χ4v) is 0.760. The van der Waals surface area contributed by atoms with E-state index in [-0.39, 0.29) is 0 Å². The zero-order valence-electron chi connectivity index (χ0n) is 4.66. The molecule has 1 N–H and O–H groups in total. The molecule has 2 rings (SSSR count). The van der Waals surface area contributed by atoms with Gasteiger partial charge in [-0.2, -0.15) is 0 Å². The molecule has 0 radical (unpaired) electrons. The fraction of sp³-hybridized carbons (Fsp3) is 0. The average molecular weight is 121 g/mol. The molecule has 0 spiro atoms. The zero-order valence-corrected chi connectivity index (χ0v) is 4.66. The highest BCUT2D eigenvalue weighted by molar-refractivity contribution is 5.66. The maximum Gasteiger partial charge on any atom is 0.277 e. The first-order valence-electron chi connectivity index (χ1n) is 2.69. The Morgan fingerprint density at radius 1 is 1.33 bits per heavy atom. The van der Waals surface area contributed by atoms with Crippen LogP contribution in [-0.4, -0.2) is 5.27 Å². The summed E-state index contributed by atoms with van der Waals surface area (Å²) in [5.41, 5.74) is 1.72. The van der Waals surface area contributed by atoms with Crippen LogP contribution in [-0.2, 0) is 0 Å². The first-order chi connectivity index (χ1) is 4.47. The molecule has 0 amide bonds. The summed E-state index contributed by atoms with van der Waals surface area (Å²) in [6.07, 6.45) is 0. The summed E-state index contributed by atoms with van der Waals surface area (Å²) in [6.45, 7) is 0. The third-order valence-corrected chi connectivity index (χ3v) is 1.20. The topological polar surface area (TPSA) is 40.2 Å². The molecule has 1 heterocycles. The number of hydrogen-bond donors (Lipinski definition) is 0. The number of rotatable bonds is 0. The van der Waals surface area contributed by atoms with Gasteiger partial charge in [-0.05, 0) is 6.07 Å². The Kier molecular flexibility index (Phi) is 0.773. The van der Waals surface area contributed by atoms with E-state index in [0.717, 1.165) is 11.1 Å². The van der Waals surface area contributed by atoms with Crippen molar-refractivity contribution in [3.8, 4) is 0 Å². The highest BCUT2D eigenvalue weighted by Crippen LogP contribution is 2.03. The summed E-state index contributed by atoms with van der Waals surface area (Å²) >= 11 is 0. The van der Waals surface area contributed by atoms with E-state index < -0.39 is 0 Å². The van der Waals surface area contributed by atoms with Crippen LogP contribution in [0.4, 0.5) is 0 Å². The summed E-state index contributed by atoms with van der Waals surface area (Å²) in [7, 11) is 0. The fourth-order valence-electron chi connectivity index (χ4n) is 0.760. The van der Waals surface area contributed by atoms with E-state index in [2.05, 4.69) is 10.4 Å². The Morgan fingerprint density at radius 2 is 2.22 bits per heavy atom. The smallest absolute Gasteiger partial charge is 0.277 e. The van der Waals surface area contributed by atoms with Crippen molar-refractivity contribution in [1.82, 2.24) is 5.27 Å². The quantitative estimate of drug-likeness (QED) is 0.513. The van der Waals surface area contributed by atoms with Crippen molar-refractivity contribution in [2.24, 2.45) is 0 Å². The van der Waals surface area contributed by atoms with Crippen molar-refractivity contribution >= 4 is 11.1 Å². The van der Waals surface area contributed by atoms with Crippen LogP contribution in [0.15, 0.2) is 28.8 Å². The van der Waals surface area contributed by atoms with Crippen LogP contribution in [0.1, 0.15) is 0 Å². The Bertz CT molecular complexity index is 285. The van der Waals surface area contributed by atoms with Gasteiger partial charge in [0.15, 0.2) is 5.27 Å². The van der Waals surface area contributed by atoms with Gasteiger partial charge in [-0.15, -0.1) is 0 Å². The van der Waals surface area contributed by atoms with E-state index in [1.807, 2.05) is 24.3 Å². The molecule has 0 aliphatic heterocycles. The molecule has 44 valence electrons. The Morgan fingerprint density at radius 3 is 3.11 bits per heavy atom. The molecule has 0 saturated heterocycles. The van der Waals surface area contributed by atoms with E-state index >= 15 is 0 Å². The molecule has 0 saturated carbocycles. The minimum absolute atomic E-state index is 0.789. The number of aromatic amines is 1. The van der Waals surface area contributed by atoms with Crippen molar-refractivity contribution in [3.05, 3.63) is 24.3 Å². The van der Waals surface area contributed by atoms with Gasteiger partial charge in [-0.3, -0.25) is 0 Å². The number of benzene rings is 1. The molecule has 0 unspecified atom stereocenters. The Hall–Kier alpha value is -1.38. The van der Waals surface area contributed by atoms with Crippen molar-refractivity contribution in [3.63, 3.8) is 0 Å². The van der Waals surface area contributed by atoms with Crippen LogP contribution in [0.5, 0.6) is 0 Å². The second kappa shape index (κ2) is 1.55.